The number of hydrogen-bond acceptors (Lipinski definition) is 4. The van der Waals surface area contributed by atoms with E-state index in [4.69, 9.17) is 0 Å². The molecule has 1 amide bonds. The summed E-state index contributed by atoms with van der Waals surface area (Å²) in [5, 5.41) is 3.16. The highest BCUT2D eigenvalue weighted by Crippen LogP contribution is 2.16. The molecule has 5 nitrogen and oxygen atoms in total. The topological polar surface area (TPSA) is 48.5 Å². The van der Waals surface area contributed by atoms with Crippen molar-refractivity contribution in [1.29, 1.82) is 0 Å². The molecule has 24 heavy (non-hydrogen) atoms. The molecule has 1 saturated heterocycles. The third-order valence-electron chi connectivity index (χ3n) is 4.15. The molecule has 1 aromatic carbocycles. The molecule has 1 aromatic heterocycles. The summed E-state index contributed by atoms with van der Waals surface area (Å²) in [6.45, 7) is 3.86. The van der Waals surface area contributed by atoms with E-state index in [1.807, 2.05) is 17.0 Å². The van der Waals surface area contributed by atoms with Crippen molar-refractivity contribution in [1.82, 2.24) is 15.2 Å². The molecule has 1 aliphatic rings. The molecular formula is C18H21FN4O. The highest BCUT2D eigenvalue weighted by molar-refractivity contribution is 5.78. The van der Waals surface area contributed by atoms with Crippen LogP contribution in [0.25, 0.3) is 0 Å². The summed E-state index contributed by atoms with van der Waals surface area (Å²) >= 11 is 0. The lowest BCUT2D eigenvalue weighted by Crippen LogP contribution is -2.50. The average Bonchev–Trinajstić information content (AvgIpc) is 2.63. The van der Waals surface area contributed by atoms with Gasteiger partial charge >= 0.3 is 0 Å². The predicted molar refractivity (Wildman–Crippen MR) is 91.1 cm³/mol. The second-order valence-corrected chi connectivity index (χ2v) is 5.81. The normalized spacial score (nSPS) is 14.7. The minimum Gasteiger partial charge on any atom is -0.368 e. The maximum absolute atomic E-state index is 13.0. The van der Waals surface area contributed by atoms with Crippen molar-refractivity contribution in [2.24, 2.45) is 0 Å². The summed E-state index contributed by atoms with van der Waals surface area (Å²) in [5.74, 6) is -0.120. The van der Waals surface area contributed by atoms with Gasteiger partial charge in [0.25, 0.3) is 0 Å². The van der Waals surface area contributed by atoms with Crippen LogP contribution < -0.4 is 10.2 Å². The number of hydrogen-bond donors (Lipinski definition) is 1. The molecular weight excluding hydrogens is 307 g/mol. The SMILES string of the molecule is O=C(CNCc1cccnc1)N1CCN(c2ccc(F)cc2)CC1. The Balaban J connectivity index is 1.42. The fourth-order valence-corrected chi connectivity index (χ4v) is 2.79. The standard InChI is InChI=1S/C18H21FN4O/c19-16-3-5-17(6-4-16)22-8-10-23(11-9-22)18(24)14-21-13-15-2-1-7-20-12-15/h1-7,12,21H,8-11,13-14H2. The van der Waals surface area contributed by atoms with Gasteiger partial charge in [0.2, 0.25) is 5.91 Å². The van der Waals surface area contributed by atoms with Gasteiger partial charge in [-0.1, -0.05) is 6.07 Å². The lowest BCUT2D eigenvalue weighted by Gasteiger charge is -2.36. The number of carbonyl (C=O) groups excluding carboxylic acids is 1. The monoisotopic (exact) mass is 328 g/mol. The lowest BCUT2D eigenvalue weighted by atomic mass is 10.2. The van der Waals surface area contributed by atoms with E-state index in [-0.39, 0.29) is 11.7 Å². The van der Waals surface area contributed by atoms with Gasteiger partial charge in [0.15, 0.2) is 0 Å². The molecule has 0 radical (unpaired) electrons. The van der Waals surface area contributed by atoms with Crippen LogP contribution in [-0.2, 0) is 11.3 Å². The molecule has 0 saturated carbocycles. The Morgan fingerprint density at radius 2 is 1.88 bits per heavy atom. The highest BCUT2D eigenvalue weighted by Gasteiger charge is 2.20. The van der Waals surface area contributed by atoms with Crippen LogP contribution in [0.15, 0.2) is 48.8 Å². The largest absolute Gasteiger partial charge is 0.368 e. The van der Waals surface area contributed by atoms with Gasteiger partial charge < -0.3 is 15.1 Å². The van der Waals surface area contributed by atoms with Gasteiger partial charge in [-0.3, -0.25) is 9.78 Å². The molecule has 126 valence electrons. The van der Waals surface area contributed by atoms with Crippen LogP contribution in [0, 0.1) is 5.82 Å². The summed E-state index contributed by atoms with van der Waals surface area (Å²) in [6, 6.07) is 10.4. The predicted octanol–water partition coefficient (Wildman–Crippen LogP) is 1.66. The van der Waals surface area contributed by atoms with Crippen molar-refractivity contribution < 1.29 is 9.18 Å². The van der Waals surface area contributed by atoms with E-state index in [0.29, 0.717) is 26.2 Å². The molecule has 3 rings (SSSR count). The molecule has 1 fully saturated rings. The van der Waals surface area contributed by atoms with Crippen molar-refractivity contribution in [3.05, 3.63) is 60.2 Å². The Morgan fingerprint density at radius 3 is 2.54 bits per heavy atom. The molecule has 1 N–H and O–H groups in total. The van der Waals surface area contributed by atoms with Crippen molar-refractivity contribution in [3.8, 4) is 0 Å². The molecule has 0 atom stereocenters. The number of halogens is 1. The van der Waals surface area contributed by atoms with Crippen LogP contribution in [0.2, 0.25) is 0 Å². The number of rotatable bonds is 5. The van der Waals surface area contributed by atoms with Gasteiger partial charge in [0.1, 0.15) is 5.82 Å². The van der Waals surface area contributed by atoms with Crippen LogP contribution >= 0.6 is 0 Å². The maximum Gasteiger partial charge on any atom is 0.236 e. The van der Waals surface area contributed by atoms with E-state index in [1.54, 1.807) is 24.5 Å². The van der Waals surface area contributed by atoms with E-state index in [9.17, 15) is 9.18 Å². The smallest absolute Gasteiger partial charge is 0.236 e. The average molecular weight is 328 g/mol. The second kappa shape index (κ2) is 7.88. The molecule has 0 aliphatic carbocycles. The molecule has 2 heterocycles. The zero-order valence-corrected chi connectivity index (χ0v) is 13.5. The van der Waals surface area contributed by atoms with Gasteiger partial charge in [-0.05, 0) is 35.9 Å². The zero-order valence-electron chi connectivity index (χ0n) is 13.5. The van der Waals surface area contributed by atoms with Crippen LogP contribution in [0.4, 0.5) is 10.1 Å². The third-order valence-corrected chi connectivity index (χ3v) is 4.15. The van der Waals surface area contributed by atoms with E-state index in [0.717, 1.165) is 24.3 Å². The number of nitrogens with one attached hydrogen (secondary N) is 1. The number of benzene rings is 1. The van der Waals surface area contributed by atoms with Crippen molar-refractivity contribution in [3.63, 3.8) is 0 Å². The maximum atomic E-state index is 13.0. The molecule has 1 aliphatic heterocycles. The first-order valence-electron chi connectivity index (χ1n) is 8.10. The summed E-state index contributed by atoms with van der Waals surface area (Å²) in [6.07, 6.45) is 3.52. The van der Waals surface area contributed by atoms with Gasteiger partial charge in [-0.15, -0.1) is 0 Å². The molecule has 6 heteroatoms. The van der Waals surface area contributed by atoms with Gasteiger partial charge in [0.05, 0.1) is 6.54 Å². The van der Waals surface area contributed by atoms with Crippen molar-refractivity contribution >= 4 is 11.6 Å². The fourth-order valence-electron chi connectivity index (χ4n) is 2.79. The van der Waals surface area contributed by atoms with Crippen LogP contribution in [0.3, 0.4) is 0 Å². The minimum absolute atomic E-state index is 0.109. The number of pyridine rings is 1. The zero-order chi connectivity index (χ0) is 16.8. The summed E-state index contributed by atoms with van der Waals surface area (Å²) in [5.41, 5.74) is 2.06. The Bertz CT molecular complexity index is 654. The number of nitrogens with zero attached hydrogens (tertiary/aromatic N) is 3. The van der Waals surface area contributed by atoms with Crippen molar-refractivity contribution in [2.75, 3.05) is 37.6 Å². The fraction of sp³-hybridized carbons (Fsp3) is 0.333. The number of anilines is 1. The quantitative estimate of drug-likeness (QED) is 0.907. The van der Waals surface area contributed by atoms with Gasteiger partial charge in [-0.2, -0.15) is 0 Å². The Morgan fingerprint density at radius 1 is 1.12 bits per heavy atom. The number of carbonyl (C=O) groups is 1. The Kier molecular flexibility index (Phi) is 5.38. The van der Waals surface area contributed by atoms with E-state index >= 15 is 0 Å². The van der Waals surface area contributed by atoms with E-state index < -0.39 is 0 Å². The van der Waals surface area contributed by atoms with Gasteiger partial charge in [0, 0.05) is 50.8 Å². The number of amides is 1. The number of piperazine rings is 1. The first-order chi connectivity index (χ1) is 11.7. The lowest BCUT2D eigenvalue weighted by molar-refractivity contribution is -0.130. The van der Waals surface area contributed by atoms with Crippen LogP contribution in [0.1, 0.15) is 5.56 Å². The molecule has 2 aromatic rings. The summed E-state index contributed by atoms with van der Waals surface area (Å²) in [4.78, 5) is 20.4. The first-order valence-corrected chi connectivity index (χ1v) is 8.10. The van der Waals surface area contributed by atoms with Crippen LogP contribution in [-0.4, -0.2) is 48.5 Å². The van der Waals surface area contributed by atoms with E-state index in [2.05, 4.69) is 15.2 Å². The Labute approximate surface area is 141 Å². The molecule has 0 bridgehead atoms. The van der Waals surface area contributed by atoms with Crippen LogP contribution in [0.5, 0.6) is 0 Å². The first kappa shape index (κ1) is 16.4. The third kappa shape index (κ3) is 4.29. The minimum atomic E-state index is -0.229. The summed E-state index contributed by atoms with van der Waals surface area (Å²) < 4.78 is 13.0. The van der Waals surface area contributed by atoms with Gasteiger partial charge in [-0.25, -0.2) is 4.39 Å². The highest BCUT2D eigenvalue weighted by atomic mass is 19.1. The van der Waals surface area contributed by atoms with Crippen molar-refractivity contribution in [2.45, 2.75) is 6.54 Å². The summed E-state index contributed by atoms with van der Waals surface area (Å²) in [7, 11) is 0. The molecule has 0 spiro atoms. The second-order valence-electron chi connectivity index (χ2n) is 5.81. The van der Waals surface area contributed by atoms with E-state index in [1.165, 1.54) is 12.1 Å². The molecule has 0 unspecified atom stereocenters. The Hall–Kier alpha value is -2.47. The number of aromatic nitrogens is 1.